The summed E-state index contributed by atoms with van der Waals surface area (Å²) in [7, 11) is -7.83. The number of hydrogen-bond donors (Lipinski definition) is 0. The molecule has 0 amide bonds. The van der Waals surface area contributed by atoms with Crippen LogP contribution in [0.4, 0.5) is 5.00 Å². The Kier molecular flexibility index (Phi) is 6.97. The van der Waals surface area contributed by atoms with Gasteiger partial charge in [-0.15, -0.1) is 11.3 Å². The third kappa shape index (κ3) is 5.03. The van der Waals surface area contributed by atoms with Crippen LogP contribution in [0.1, 0.15) is 18.4 Å². The minimum Gasteiger partial charge on any atom is -0.375 e. The molecule has 4 rings (SSSR count). The van der Waals surface area contributed by atoms with Gasteiger partial charge in [-0.2, -0.15) is 4.31 Å². The molecule has 172 valence electrons. The Morgan fingerprint density at radius 2 is 1.76 bits per heavy atom. The average Bonchev–Trinajstić information content (AvgIpc) is 3.50. The van der Waals surface area contributed by atoms with Gasteiger partial charge in [0.05, 0.1) is 29.6 Å². The van der Waals surface area contributed by atoms with Crippen LogP contribution in [-0.2, 0) is 31.2 Å². The van der Waals surface area contributed by atoms with Gasteiger partial charge in [0.15, 0.2) is 0 Å². The molecule has 2 aromatic carbocycles. The Morgan fingerprint density at radius 3 is 2.48 bits per heavy atom. The second-order valence-electron chi connectivity index (χ2n) is 7.60. The van der Waals surface area contributed by atoms with Crippen molar-refractivity contribution >= 4 is 36.2 Å². The van der Waals surface area contributed by atoms with Gasteiger partial charge in [0.1, 0.15) is 4.21 Å². The van der Waals surface area contributed by atoms with E-state index in [1.165, 1.54) is 40.7 Å². The van der Waals surface area contributed by atoms with Crippen molar-refractivity contribution in [3.63, 3.8) is 0 Å². The normalized spacial score (nSPS) is 17.1. The highest BCUT2D eigenvalue weighted by Gasteiger charge is 2.36. The summed E-state index contributed by atoms with van der Waals surface area (Å²) in [6.07, 6.45) is 1.39. The predicted octanol–water partition coefficient (Wildman–Crippen LogP) is 4.50. The molecule has 0 bridgehead atoms. The van der Waals surface area contributed by atoms with Crippen molar-refractivity contribution in [3.8, 4) is 0 Å². The van der Waals surface area contributed by atoms with E-state index in [1.54, 1.807) is 0 Å². The molecule has 0 aliphatic carbocycles. The summed E-state index contributed by atoms with van der Waals surface area (Å²) in [6, 6.07) is 17.6. The molecule has 1 aliphatic rings. The zero-order valence-corrected chi connectivity index (χ0v) is 20.1. The monoisotopic (exact) mass is 502 g/mol. The molecule has 0 saturated carbocycles. The number of ether oxygens (including phenoxy) is 1. The minimum atomic E-state index is -3.93. The third-order valence-corrected chi connectivity index (χ3v) is 10.6. The molecule has 7 nitrogen and oxygen atoms in total. The van der Waals surface area contributed by atoms with Gasteiger partial charge in [0.2, 0.25) is 24.9 Å². The van der Waals surface area contributed by atoms with Gasteiger partial charge >= 0.3 is 0 Å². The van der Waals surface area contributed by atoms with E-state index < -0.39 is 19.9 Å². The van der Waals surface area contributed by atoms with Crippen molar-refractivity contribution in [1.82, 2.24) is 4.31 Å². The van der Waals surface area contributed by atoms with Crippen molar-refractivity contribution in [2.45, 2.75) is 39.5 Å². The molecular formula is C23H22N2O5S3. The zero-order valence-electron chi connectivity index (χ0n) is 17.6. The highest BCUT2D eigenvalue weighted by molar-refractivity contribution is 7.93. The molecule has 1 saturated heterocycles. The van der Waals surface area contributed by atoms with Crippen LogP contribution in [-0.4, -0.2) is 40.3 Å². The van der Waals surface area contributed by atoms with Gasteiger partial charge < -0.3 is 4.74 Å². The number of hydrogen-bond acceptors (Lipinski definition) is 6. The summed E-state index contributed by atoms with van der Waals surface area (Å²) in [5.41, 5.74) is 1.01. The number of benzene rings is 2. The van der Waals surface area contributed by atoms with E-state index in [-0.39, 0.29) is 31.6 Å². The molecule has 3 aromatic rings. The van der Waals surface area contributed by atoms with Crippen molar-refractivity contribution in [2.24, 2.45) is 0 Å². The van der Waals surface area contributed by atoms with Crippen LogP contribution in [0, 0.1) is 6.57 Å². The molecule has 0 unspecified atom stereocenters. The van der Waals surface area contributed by atoms with Crippen molar-refractivity contribution in [2.75, 3.05) is 13.2 Å². The molecule has 1 aliphatic heterocycles. The van der Waals surface area contributed by atoms with Crippen molar-refractivity contribution < 1.29 is 21.6 Å². The van der Waals surface area contributed by atoms with Crippen molar-refractivity contribution in [1.29, 1.82) is 0 Å². The van der Waals surface area contributed by atoms with Crippen molar-refractivity contribution in [3.05, 3.63) is 83.7 Å². The second-order valence-corrected chi connectivity index (χ2v) is 12.7. The standard InChI is InChI=1S/C23H22N2O5S3/c1-24-22-12-13-23(31-22)32(26,27)20-10-5-11-21(15-20)33(28,29)25-14-6-9-19(25)17-30-16-18-7-3-2-4-8-18/h2-5,7-8,10-13,15,19H,6,9,14,16-17H2/t19-/m0/s1. The van der Waals surface area contributed by atoms with E-state index in [2.05, 4.69) is 4.85 Å². The Balaban J connectivity index is 1.53. The highest BCUT2D eigenvalue weighted by atomic mass is 32.2. The van der Waals surface area contributed by atoms with Crippen LogP contribution in [0.2, 0.25) is 0 Å². The molecule has 0 N–H and O–H groups in total. The average molecular weight is 503 g/mol. The van der Waals surface area contributed by atoms with E-state index in [4.69, 9.17) is 11.3 Å². The Labute approximate surface area is 198 Å². The largest absolute Gasteiger partial charge is 0.375 e. The smallest absolute Gasteiger partial charge is 0.243 e. The molecule has 1 atom stereocenters. The molecule has 10 heteroatoms. The SMILES string of the molecule is [C-]#[N+]c1ccc(S(=O)(=O)c2cccc(S(=O)(=O)N3CCC[C@H]3COCc3ccccc3)c2)s1. The maximum atomic E-state index is 13.4. The Morgan fingerprint density at radius 1 is 1.00 bits per heavy atom. The fourth-order valence-corrected chi connectivity index (χ4v) is 8.07. The van der Waals surface area contributed by atoms with Gasteiger partial charge in [-0.1, -0.05) is 36.4 Å². The number of nitrogens with zero attached hydrogens (tertiary/aromatic N) is 2. The fraction of sp³-hybridized carbons (Fsp3) is 0.261. The molecule has 2 heterocycles. The lowest BCUT2D eigenvalue weighted by Gasteiger charge is -2.24. The first-order chi connectivity index (χ1) is 15.8. The molecular weight excluding hydrogens is 480 g/mol. The second kappa shape index (κ2) is 9.75. The highest BCUT2D eigenvalue weighted by Crippen LogP contribution is 2.34. The summed E-state index contributed by atoms with van der Waals surface area (Å²) in [5.74, 6) is 0. The van der Waals surface area contributed by atoms with E-state index in [0.717, 1.165) is 16.9 Å². The predicted molar refractivity (Wildman–Crippen MR) is 125 cm³/mol. The topological polar surface area (TPSA) is 85.1 Å². The van der Waals surface area contributed by atoms with E-state index in [0.29, 0.717) is 26.0 Å². The van der Waals surface area contributed by atoms with Gasteiger partial charge in [0, 0.05) is 12.6 Å². The van der Waals surface area contributed by atoms with E-state index in [1.807, 2.05) is 30.3 Å². The lowest BCUT2D eigenvalue weighted by Crippen LogP contribution is -2.38. The zero-order chi connectivity index (χ0) is 23.5. The van der Waals surface area contributed by atoms with Gasteiger partial charge in [-0.05, 0) is 48.7 Å². The van der Waals surface area contributed by atoms with Crippen LogP contribution in [0.25, 0.3) is 4.85 Å². The molecule has 33 heavy (non-hydrogen) atoms. The molecule has 1 fully saturated rings. The molecule has 1 aromatic heterocycles. The summed E-state index contributed by atoms with van der Waals surface area (Å²) >= 11 is 0.862. The molecule has 0 radical (unpaired) electrons. The quantitative estimate of drug-likeness (QED) is 0.424. The summed E-state index contributed by atoms with van der Waals surface area (Å²) in [6.45, 7) is 8.06. The number of rotatable bonds is 8. The Bertz CT molecular complexity index is 1380. The maximum Gasteiger partial charge on any atom is 0.243 e. The van der Waals surface area contributed by atoms with Gasteiger partial charge in [-0.25, -0.2) is 21.7 Å². The fourth-order valence-electron chi connectivity index (χ4n) is 3.75. The third-order valence-electron chi connectivity index (χ3n) is 5.41. The van der Waals surface area contributed by atoms with Crippen LogP contribution in [0.5, 0.6) is 0 Å². The van der Waals surface area contributed by atoms with Crippen LogP contribution < -0.4 is 0 Å². The summed E-state index contributed by atoms with van der Waals surface area (Å²) in [4.78, 5) is 3.07. The lowest BCUT2D eigenvalue weighted by molar-refractivity contribution is 0.0873. The minimum absolute atomic E-state index is 0.0106. The van der Waals surface area contributed by atoms with E-state index >= 15 is 0 Å². The van der Waals surface area contributed by atoms with Crippen LogP contribution in [0.15, 0.2) is 80.7 Å². The molecule has 0 spiro atoms. The van der Waals surface area contributed by atoms with Crippen LogP contribution >= 0.6 is 11.3 Å². The van der Waals surface area contributed by atoms with Gasteiger partial charge in [0.25, 0.3) is 0 Å². The number of sulfone groups is 1. The maximum absolute atomic E-state index is 13.4. The number of sulfonamides is 1. The first kappa shape index (κ1) is 23.6. The van der Waals surface area contributed by atoms with E-state index in [9.17, 15) is 16.8 Å². The van der Waals surface area contributed by atoms with Crippen LogP contribution in [0.3, 0.4) is 0 Å². The number of thiophene rings is 1. The summed E-state index contributed by atoms with van der Waals surface area (Å²) < 4.78 is 59.9. The Hall–Kier alpha value is -2.55. The lowest BCUT2D eigenvalue weighted by atomic mass is 10.2. The summed E-state index contributed by atoms with van der Waals surface area (Å²) in [5, 5.41) is 0.257. The van der Waals surface area contributed by atoms with Gasteiger partial charge in [-0.3, -0.25) is 0 Å². The first-order valence-electron chi connectivity index (χ1n) is 10.3. The first-order valence-corrected chi connectivity index (χ1v) is 14.0.